The standard InChI is InChI=1S/C21H20N4O5S/c26-19(11-13-25-20(27)16-4-1-2-5-17(16)21(25)28)23-14-7-9-15(10-8-14)31(29,30)24-18-6-3-12-22-18/h1-2,4-5,7-10H,3,6,11-13H2,(H,22,24)(H,23,26). The Morgan fingerprint density at radius 2 is 1.65 bits per heavy atom. The number of benzene rings is 2. The Morgan fingerprint density at radius 1 is 1.00 bits per heavy atom. The lowest BCUT2D eigenvalue weighted by Crippen LogP contribution is -2.32. The molecule has 10 heteroatoms. The van der Waals surface area contributed by atoms with Crippen LogP contribution in [-0.2, 0) is 14.8 Å². The van der Waals surface area contributed by atoms with Crippen LogP contribution in [0, 0.1) is 0 Å². The minimum Gasteiger partial charge on any atom is -0.326 e. The monoisotopic (exact) mass is 440 g/mol. The second-order valence-corrected chi connectivity index (χ2v) is 8.85. The van der Waals surface area contributed by atoms with Gasteiger partial charge < -0.3 is 5.32 Å². The molecular weight excluding hydrogens is 420 g/mol. The van der Waals surface area contributed by atoms with Crippen molar-refractivity contribution in [2.45, 2.75) is 24.2 Å². The maximum absolute atomic E-state index is 12.4. The van der Waals surface area contributed by atoms with E-state index in [-0.39, 0.29) is 17.9 Å². The minimum absolute atomic E-state index is 0.0450. The van der Waals surface area contributed by atoms with Crippen molar-refractivity contribution >= 4 is 39.3 Å². The van der Waals surface area contributed by atoms with Crippen molar-refractivity contribution in [2.75, 3.05) is 18.4 Å². The lowest BCUT2D eigenvalue weighted by atomic mass is 10.1. The number of rotatable bonds is 6. The third-order valence-corrected chi connectivity index (χ3v) is 6.41. The van der Waals surface area contributed by atoms with E-state index in [0.717, 1.165) is 11.3 Å². The maximum atomic E-state index is 12.4. The van der Waals surface area contributed by atoms with Crippen LogP contribution in [0.4, 0.5) is 5.69 Å². The number of carbonyl (C=O) groups excluding carboxylic acids is 3. The molecule has 160 valence electrons. The first kappa shape index (κ1) is 20.7. The van der Waals surface area contributed by atoms with Crippen LogP contribution in [0.15, 0.2) is 58.4 Å². The van der Waals surface area contributed by atoms with E-state index in [9.17, 15) is 22.8 Å². The van der Waals surface area contributed by atoms with E-state index in [4.69, 9.17) is 0 Å². The Labute approximate surface area is 179 Å². The topological polar surface area (TPSA) is 125 Å². The van der Waals surface area contributed by atoms with Crippen molar-refractivity contribution in [3.05, 3.63) is 59.7 Å². The highest BCUT2D eigenvalue weighted by atomic mass is 32.2. The number of imide groups is 1. The van der Waals surface area contributed by atoms with E-state index in [1.165, 1.54) is 24.3 Å². The van der Waals surface area contributed by atoms with Gasteiger partial charge >= 0.3 is 0 Å². The quantitative estimate of drug-likeness (QED) is 0.663. The molecule has 0 bridgehead atoms. The van der Waals surface area contributed by atoms with Crippen molar-refractivity contribution in [2.24, 2.45) is 4.99 Å². The maximum Gasteiger partial charge on any atom is 0.262 e. The summed E-state index contributed by atoms with van der Waals surface area (Å²) in [5.41, 5.74) is 1.08. The molecule has 2 heterocycles. The number of carbonyl (C=O) groups is 3. The van der Waals surface area contributed by atoms with E-state index in [1.54, 1.807) is 24.3 Å². The largest absolute Gasteiger partial charge is 0.326 e. The lowest BCUT2D eigenvalue weighted by molar-refractivity contribution is -0.116. The number of nitrogens with one attached hydrogen (secondary N) is 2. The van der Waals surface area contributed by atoms with E-state index in [2.05, 4.69) is 15.0 Å². The molecular formula is C21H20N4O5S. The fraction of sp³-hybridized carbons (Fsp3) is 0.238. The summed E-state index contributed by atoms with van der Waals surface area (Å²) in [4.78, 5) is 42.1. The van der Waals surface area contributed by atoms with Gasteiger partial charge in [0.25, 0.3) is 21.8 Å². The van der Waals surface area contributed by atoms with E-state index in [0.29, 0.717) is 35.6 Å². The van der Waals surface area contributed by atoms with Gasteiger partial charge in [-0.05, 0) is 42.8 Å². The van der Waals surface area contributed by atoms with Crippen molar-refractivity contribution in [3.8, 4) is 0 Å². The molecule has 0 aliphatic carbocycles. The smallest absolute Gasteiger partial charge is 0.262 e. The predicted octanol–water partition coefficient (Wildman–Crippen LogP) is 1.78. The van der Waals surface area contributed by atoms with Crippen LogP contribution in [0.2, 0.25) is 0 Å². The Bertz CT molecular complexity index is 1150. The van der Waals surface area contributed by atoms with Gasteiger partial charge in [-0.15, -0.1) is 0 Å². The van der Waals surface area contributed by atoms with Gasteiger partial charge in [-0.1, -0.05) is 12.1 Å². The Balaban J connectivity index is 1.33. The number of hydrogen-bond acceptors (Lipinski definition) is 6. The van der Waals surface area contributed by atoms with Crippen LogP contribution in [0.25, 0.3) is 0 Å². The first-order chi connectivity index (χ1) is 14.8. The average molecular weight is 440 g/mol. The molecule has 0 aromatic heterocycles. The molecule has 2 N–H and O–H groups in total. The summed E-state index contributed by atoms with van der Waals surface area (Å²) < 4.78 is 27.2. The molecule has 2 aliphatic rings. The molecule has 0 radical (unpaired) electrons. The number of aliphatic imine (C=N–C) groups is 1. The first-order valence-corrected chi connectivity index (χ1v) is 11.2. The van der Waals surface area contributed by atoms with Gasteiger partial charge in [-0.25, -0.2) is 8.42 Å². The number of amidine groups is 1. The van der Waals surface area contributed by atoms with E-state index in [1.807, 2.05) is 0 Å². The van der Waals surface area contributed by atoms with Crippen LogP contribution >= 0.6 is 0 Å². The van der Waals surface area contributed by atoms with Gasteiger partial charge in [0.05, 0.1) is 16.0 Å². The second kappa shape index (κ2) is 8.31. The summed E-state index contributed by atoms with van der Waals surface area (Å²) in [5.74, 6) is -0.777. The molecule has 2 aromatic carbocycles. The zero-order chi connectivity index (χ0) is 22.0. The zero-order valence-electron chi connectivity index (χ0n) is 16.5. The van der Waals surface area contributed by atoms with Crippen LogP contribution < -0.4 is 10.0 Å². The highest BCUT2D eigenvalue weighted by Gasteiger charge is 2.34. The summed E-state index contributed by atoms with van der Waals surface area (Å²) in [6, 6.07) is 12.3. The summed E-state index contributed by atoms with van der Waals surface area (Å²) in [5, 5.41) is 2.64. The van der Waals surface area contributed by atoms with Gasteiger partial charge in [-0.2, -0.15) is 0 Å². The third-order valence-electron chi connectivity index (χ3n) is 5.02. The van der Waals surface area contributed by atoms with Gasteiger partial charge in [0, 0.05) is 31.6 Å². The van der Waals surface area contributed by atoms with Gasteiger partial charge in [0.2, 0.25) is 5.91 Å². The number of hydrogen-bond donors (Lipinski definition) is 2. The fourth-order valence-electron chi connectivity index (χ4n) is 3.43. The van der Waals surface area contributed by atoms with E-state index < -0.39 is 27.7 Å². The van der Waals surface area contributed by atoms with Crippen molar-refractivity contribution in [1.29, 1.82) is 0 Å². The molecule has 9 nitrogen and oxygen atoms in total. The molecule has 0 saturated heterocycles. The predicted molar refractivity (Wildman–Crippen MR) is 113 cm³/mol. The lowest BCUT2D eigenvalue weighted by Gasteiger charge is -2.13. The van der Waals surface area contributed by atoms with Crippen LogP contribution in [0.1, 0.15) is 40.0 Å². The van der Waals surface area contributed by atoms with Crippen LogP contribution in [-0.4, -0.2) is 50.0 Å². The van der Waals surface area contributed by atoms with E-state index >= 15 is 0 Å². The van der Waals surface area contributed by atoms with Gasteiger partial charge in [-0.3, -0.25) is 29.0 Å². The molecule has 0 saturated carbocycles. The normalized spacial score (nSPS) is 15.6. The molecule has 3 amide bonds. The number of sulfonamides is 1. The highest BCUT2D eigenvalue weighted by molar-refractivity contribution is 7.90. The minimum atomic E-state index is -3.72. The average Bonchev–Trinajstić information content (AvgIpc) is 3.34. The van der Waals surface area contributed by atoms with Gasteiger partial charge in [0.15, 0.2) is 0 Å². The van der Waals surface area contributed by atoms with Crippen LogP contribution in [0.5, 0.6) is 0 Å². The molecule has 4 rings (SSSR count). The molecule has 2 aromatic rings. The zero-order valence-corrected chi connectivity index (χ0v) is 17.3. The molecule has 0 spiro atoms. The number of fused-ring (bicyclic) bond motifs is 1. The van der Waals surface area contributed by atoms with Crippen molar-refractivity contribution < 1.29 is 22.8 Å². The SMILES string of the molecule is O=C(CCN1C(=O)c2ccccc2C1=O)Nc1ccc(S(=O)(=O)NC2=NCCC2)cc1. The Hall–Kier alpha value is -3.53. The van der Waals surface area contributed by atoms with Crippen molar-refractivity contribution in [3.63, 3.8) is 0 Å². The highest BCUT2D eigenvalue weighted by Crippen LogP contribution is 2.22. The number of anilines is 1. The summed E-state index contributed by atoms with van der Waals surface area (Å²) in [6.07, 6.45) is 1.34. The molecule has 31 heavy (non-hydrogen) atoms. The van der Waals surface area contributed by atoms with Crippen molar-refractivity contribution in [1.82, 2.24) is 9.62 Å². The van der Waals surface area contributed by atoms with Crippen LogP contribution in [0.3, 0.4) is 0 Å². The molecule has 0 unspecified atom stereocenters. The summed E-state index contributed by atoms with van der Waals surface area (Å²) in [6.45, 7) is 0.570. The molecule has 0 fully saturated rings. The fourth-order valence-corrected chi connectivity index (χ4v) is 4.52. The third kappa shape index (κ3) is 4.33. The first-order valence-electron chi connectivity index (χ1n) is 9.76. The molecule has 0 atom stereocenters. The summed E-state index contributed by atoms with van der Waals surface area (Å²) in [7, 11) is -3.72. The Morgan fingerprint density at radius 3 is 2.23 bits per heavy atom. The number of amides is 3. The number of nitrogens with zero attached hydrogens (tertiary/aromatic N) is 2. The van der Waals surface area contributed by atoms with Gasteiger partial charge in [0.1, 0.15) is 5.84 Å². The Kier molecular flexibility index (Phi) is 5.55. The summed E-state index contributed by atoms with van der Waals surface area (Å²) >= 11 is 0. The second-order valence-electron chi connectivity index (χ2n) is 7.17. The molecule has 2 aliphatic heterocycles.